The van der Waals surface area contributed by atoms with Crippen molar-refractivity contribution in [3.63, 3.8) is 0 Å². The first kappa shape index (κ1) is 14.8. The van der Waals surface area contributed by atoms with Crippen LogP contribution in [0.25, 0.3) is 0 Å². The third-order valence-corrected chi connectivity index (χ3v) is 4.52. The molecule has 114 valence electrons. The first-order chi connectivity index (χ1) is 10.2. The maximum Gasteiger partial charge on any atom is 0.227 e. The minimum atomic E-state index is -0.0449. The Kier molecular flexibility index (Phi) is 4.78. The van der Waals surface area contributed by atoms with E-state index in [0.29, 0.717) is 19.7 Å². The molecule has 2 heterocycles. The molecule has 1 aromatic rings. The minimum Gasteiger partial charge on any atom is -0.370 e. The number of ether oxygens (including phenoxy) is 1. The van der Waals surface area contributed by atoms with E-state index in [4.69, 9.17) is 16.3 Å². The monoisotopic (exact) mass is 308 g/mol. The smallest absolute Gasteiger partial charge is 0.227 e. The van der Waals surface area contributed by atoms with Gasteiger partial charge < -0.3 is 15.0 Å². The molecule has 5 heteroatoms. The lowest BCUT2D eigenvalue weighted by Crippen LogP contribution is -2.48. The molecule has 2 aliphatic rings. The molecule has 4 nitrogen and oxygen atoms in total. The Morgan fingerprint density at radius 1 is 1.33 bits per heavy atom. The molecule has 2 aliphatic heterocycles. The Morgan fingerprint density at radius 2 is 2.14 bits per heavy atom. The molecule has 0 aliphatic carbocycles. The van der Waals surface area contributed by atoms with Crippen LogP contribution in [0.3, 0.4) is 0 Å². The van der Waals surface area contributed by atoms with E-state index >= 15 is 0 Å². The van der Waals surface area contributed by atoms with Crippen LogP contribution < -0.4 is 5.32 Å². The number of carbonyl (C=O) groups is 1. The van der Waals surface area contributed by atoms with Gasteiger partial charge in [-0.1, -0.05) is 23.7 Å². The van der Waals surface area contributed by atoms with E-state index in [0.717, 1.165) is 36.5 Å². The molecule has 0 bridgehead atoms. The van der Waals surface area contributed by atoms with Crippen molar-refractivity contribution in [2.75, 3.05) is 32.8 Å². The van der Waals surface area contributed by atoms with E-state index in [9.17, 15) is 4.79 Å². The van der Waals surface area contributed by atoms with Gasteiger partial charge in [-0.3, -0.25) is 4.79 Å². The van der Waals surface area contributed by atoms with E-state index < -0.39 is 0 Å². The highest BCUT2D eigenvalue weighted by molar-refractivity contribution is 6.30. The molecule has 0 spiro atoms. The van der Waals surface area contributed by atoms with E-state index in [1.807, 2.05) is 29.2 Å². The van der Waals surface area contributed by atoms with E-state index in [2.05, 4.69) is 5.32 Å². The van der Waals surface area contributed by atoms with Gasteiger partial charge in [0.1, 0.15) is 6.10 Å². The zero-order valence-corrected chi connectivity index (χ0v) is 12.8. The van der Waals surface area contributed by atoms with Gasteiger partial charge in [0.15, 0.2) is 0 Å². The van der Waals surface area contributed by atoms with Crippen LogP contribution in [0.2, 0.25) is 5.02 Å². The van der Waals surface area contributed by atoms with Gasteiger partial charge in [0.25, 0.3) is 0 Å². The number of nitrogens with zero attached hydrogens (tertiary/aromatic N) is 1. The zero-order valence-electron chi connectivity index (χ0n) is 12.1. The van der Waals surface area contributed by atoms with Crippen LogP contribution >= 0.6 is 11.6 Å². The van der Waals surface area contributed by atoms with Gasteiger partial charge >= 0.3 is 0 Å². The van der Waals surface area contributed by atoms with Gasteiger partial charge in [-0.25, -0.2) is 0 Å². The lowest BCUT2D eigenvalue weighted by molar-refractivity contribution is -0.143. The number of nitrogens with one attached hydrogen (secondary N) is 1. The second-order valence-corrected chi connectivity index (χ2v) is 6.17. The van der Waals surface area contributed by atoms with Crippen LogP contribution in [0, 0.1) is 5.92 Å². The summed E-state index contributed by atoms with van der Waals surface area (Å²) in [5.41, 5.74) is 1.08. The SMILES string of the molecule is O=C([C@@H]1CCCNC1)N1CCOC(c2ccc(Cl)cc2)C1. The molecule has 3 rings (SSSR count). The van der Waals surface area contributed by atoms with Crippen LogP contribution in [0.5, 0.6) is 0 Å². The summed E-state index contributed by atoms with van der Waals surface area (Å²) in [6, 6.07) is 7.68. The quantitative estimate of drug-likeness (QED) is 0.911. The Bertz CT molecular complexity index is 486. The molecule has 2 atom stereocenters. The van der Waals surface area contributed by atoms with Crippen LogP contribution in [-0.2, 0) is 9.53 Å². The Balaban J connectivity index is 1.64. The predicted octanol–water partition coefficient (Wildman–Crippen LogP) is 2.24. The van der Waals surface area contributed by atoms with E-state index in [1.54, 1.807) is 0 Å². The molecule has 1 unspecified atom stereocenters. The Morgan fingerprint density at radius 3 is 2.86 bits per heavy atom. The summed E-state index contributed by atoms with van der Waals surface area (Å²) in [6.07, 6.45) is 2.03. The van der Waals surface area contributed by atoms with Gasteiger partial charge in [-0.15, -0.1) is 0 Å². The lowest BCUT2D eigenvalue weighted by atomic mass is 9.97. The molecule has 1 aromatic carbocycles. The van der Waals surface area contributed by atoms with Crippen molar-refractivity contribution >= 4 is 17.5 Å². The summed E-state index contributed by atoms with van der Waals surface area (Å²) in [4.78, 5) is 14.6. The van der Waals surface area contributed by atoms with Gasteiger partial charge in [0.2, 0.25) is 5.91 Å². The number of carbonyl (C=O) groups excluding carboxylic acids is 1. The van der Waals surface area contributed by atoms with Crippen LogP contribution in [-0.4, -0.2) is 43.6 Å². The molecule has 2 saturated heterocycles. The van der Waals surface area contributed by atoms with Gasteiger partial charge in [-0.2, -0.15) is 0 Å². The van der Waals surface area contributed by atoms with Crippen molar-refractivity contribution in [1.29, 1.82) is 0 Å². The van der Waals surface area contributed by atoms with Gasteiger partial charge in [-0.05, 0) is 37.1 Å². The second kappa shape index (κ2) is 6.77. The first-order valence-electron chi connectivity index (χ1n) is 7.60. The fraction of sp³-hybridized carbons (Fsp3) is 0.562. The highest BCUT2D eigenvalue weighted by Crippen LogP contribution is 2.25. The van der Waals surface area contributed by atoms with Gasteiger partial charge in [0, 0.05) is 18.1 Å². The van der Waals surface area contributed by atoms with Crippen molar-refractivity contribution in [3.8, 4) is 0 Å². The van der Waals surface area contributed by atoms with Crippen molar-refractivity contribution < 1.29 is 9.53 Å². The third kappa shape index (κ3) is 3.57. The first-order valence-corrected chi connectivity index (χ1v) is 7.98. The number of morpholine rings is 1. The number of halogens is 1. The topological polar surface area (TPSA) is 41.6 Å². The summed E-state index contributed by atoms with van der Waals surface area (Å²) in [5.74, 6) is 0.396. The summed E-state index contributed by atoms with van der Waals surface area (Å²) in [6.45, 7) is 3.76. The Labute approximate surface area is 130 Å². The number of amides is 1. The summed E-state index contributed by atoms with van der Waals surface area (Å²) in [5, 5.41) is 4.03. The summed E-state index contributed by atoms with van der Waals surface area (Å²) >= 11 is 5.92. The van der Waals surface area contributed by atoms with Crippen LogP contribution in [0.15, 0.2) is 24.3 Å². The standard InChI is InChI=1S/C16H21ClN2O2/c17-14-5-3-12(4-6-14)15-11-19(8-9-21-15)16(20)13-2-1-7-18-10-13/h3-6,13,15,18H,1-2,7-11H2/t13-,15?/m1/s1. The maximum atomic E-state index is 12.6. The van der Waals surface area contributed by atoms with E-state index in [1.165, 1.54) is 0 Å². The third-order valence-electron chi connectivity index (χ3n) is 4.27. The molecular formula is C16H21ClN2O2. The fourth-order valence-corrected chi connectivity index (χ4v) is 3.18. The second-order valence-electron chi connectivity index (χ2n) is 5.74. The largest absolute Gasteiger partial charge is 0.370 e. The molecule has 0 radical (unpaired) electrons. The minimum absolute atomic E-state index is 0.0449. The number of rotatable bonds is 2. The molecule has 2 fully saturated rings. The maximum absolute atomic E-state index is 12.6. The highest BCUT2D eigenvalue weighted by atomic mass is 35.5. The van der Waals surface area contributed by atoms with Crippen molar-refractivity contribution in [2.24, 2.45) is 5.92 Å². The van der Waals surface area contributed by atoms with Crippen molar-refractivity contribution in [2.45, 2.75) is 18.9 Å². The van der Waals surface area contributed by atoms with Gasteiger partial charge in [0.05, 0.1) is 19.1 Å². The van der Waals surface area contributed by atoms with Crippen LogP contribution in [0.4, 0.5) is 0 Å². The fourth-order valence-electron chi connectivity index (χ4n) is 3.05. The molecule has 21 heavy (non-hydrogen) atoms. The number of hydrogen-bond acceptors (Lipinski definition) is 3. The number of hydrogen-bond donors (Lipinski definition) is 1. The number of piperidine rings is 1. The average molecular weight is 309 g/mol. The zero-order chi connectivity index (χ0) is 14.7. The highest BCUT2D eigenvalue weighted by Gasteiger charge is 2.30. The van der Waals surface area contributed by atoms with Crippen LogP contribution in [0.1, 0.15) is 24.5 Å². The lowest BCUT2D eigenvalue weighted by Gasteiger charge is -2.36. The van der Waals surface area contributed by atoms with Crippen molar-refractivity contribution in [3.05, 3.63) is 34.9 Å². The molecule has 1 amide bonds. The summed E-state index contributed by atoms with van der Waals surface area (Å²) in [7, 11) is 0. The number of benzene rings is 1. The van der Waals surface area contributed by atoms with E-state index in [-0.39, 0.29) is 17.9 Å². The molecule has 0 saturated carbocycles. The molecule has 0 aromatic heterocycles. The molecular weight excluding hydrogens is 288 g/mol. The normalized spacial score (nSPS) is 26.6. The Hall–Kier alpha value is -1.10. The predicted molar refractivity (Wildman–Crippen MR) is 82.3 cm³/mol. The molecule has 1 N–H and O–H groups in total. The summed E-state index contributed by atoms with van der Waals surface area (Å²) < 4.78 is 5.82. The van der Waals surface area contributed by atoms with Crippen molar-refractivity contribution in [1.82, 2.24) is 10.2 Å². The average Bonchev–Trinajstić information content (AvgIpc) is 2.56.